The first-order valence-electron chi connectivity index (χ1n) is 4.82. The Kier molecular flexibility index (Phi) is 2.82. The number of hydrogen-bond donors (Lipinski definition) is 2. The van der Waals surface area contributed by atoms with Crippen molar-refractivity contribution in [3.8, 4) is 0 Å². The average molecular weight is 209 g/mol. The molecule has 0 amide bonds. The van der Waals surface area contributed by atoms with E-state index in [1.54, 1.807) is 6.20 Å². The lowest BCUT2D eigenvalue weighted by Crippen LogP contribution is -2.19. The Balaban J connectivity index is 2.08. The Morgan fingerprint density at radius 2 is 2.50 bits per heavy atom. The van der Waals surface area contributed by atoms with E-state index in [9.17, 15) is 0 Å². The highest BCUT2D eigenvalue weighted by molar-refractivity contribution is 7.99. The summed E-state index contributed by atoms with van der Waals surface area (Å²) in [6, 6.07) is 2.53. The number of nitrogens with one attached hydrogen (secondary N) is 1. The van der Waals surface area contributed by atoms with Gasteiger partial charge in [-0.15, -0.1) is 0 Å². The zero-order chi connectivity index (χ0) is 9.97. The van der Waals surface area contributed by atoms with Crippen LogP contribution in [0.1, 0.15) is 12.0 Å². The molecule has 0 radical (unpaired) electrons. The van der Waals surface area contributed by atoms with Crippen molar-refractivity contribution >= 4 is 23.3 Å². The van der Waals surface area contributed by atoms with E-state index in [1.165, 1.54) is 17.9 Å². The van der Waals surface area contributed by atoms with Gasteiger partial charge >= 0.3 is 0 Å². The first-order valence-corrected chi connectivity index (χ1v) is 5.97. The fraction of sp³-hybridized carbons (Fsp3) is 0.500. The van der Waals surface area contributed by atoms with Crippen molar-refractivity contribution < 1.29 is 0 Å². The molecular formula is C10H15N3S. The van der Waals surface area contributed by atoms with E-state index < -0.39 is 0 Å². The maximum Gasteiger partial charge on any atom is 0.129 e. The number of pyridine rings is 1. The smallest absolute Gasteiger partial charge is 0.129 e. The second-order valence-corrected chi connectivity index (χ2v) is 4.79. The molecule has 0 saturated carbocycles. The van der Waals surface area contributed by atoms with Gasteiger partial charge in [-0.25, -0.2) is 4.98 Å². The number of aromatic nitrogens is 1. The molecule has 1 unspecified atom stereocenters. The molecule has 1 aromatic rings. The first kappa shape index (κ1) is 9.65. The van der Waals surface area contributed by atoms with Crippen molar-refractivity contribution in [2.45, 2.75) is 19.4 Å². The number of thioether (sulfide) groups is 1. The highest BCUT2D eigenvalue weighted by Gasteiger charge is 2.16. The van der Waals surface area contributed by atoms with Gasteiger partial charge in [0.15, 0.2) is 0 Å². The largest absolute Gasteiger partial charge is 0.397 e. The highest BCUT2D eigenvalue weighted by atomic mass is 32.2. The number of hydrogen-bond acceptors (Lipinski definition) is 4. The number of nitrogens with zero attached hydrogens (tertiary/aromatic N) is 1. The van der Waals surface area contributed by atoms with Gasteiger partial charge in [-0.05, 0) is 30.7 Å². The second kappa shape index (κ2) is 4.09. The van der Waals surface area contributed by atoms with E-state index >= 15 is 0 Å². The third-order valence-corrected chi connectivity index (χ3v) is 3.53. The van der Waals surface area contributed by atoms with Crippen molar-refractivity contribution in [3.05, 3.63) is 17.8 Å². The summed E-state index contributed by atoms with van der Waals surface area (Å²) in [7, 11) is 0. The van der Waals surface area contributed by atoms with E-state index in [1.807, 2.05) is 24.8 Å². The van der Waals surface area contributed by atoms with Gasteiger partial charge in [-0.1, -0.05) is 0 Å². The quantitative estimate of drug-likeness (QED) is 0.781. The Morgan fingerprint density at radius 3 is 3.14 bits per heavy atom. The molecule has 0 aromatic carbocycles. The average Bonchev–Trinajstić information content (AvgIpc) is 2.62. The number of rotatable bonds is 2. The summed E-state index contributed by atoms with van der Waals surface area (Å²) in [6.07, 6.45) is 2.94. The maximum absolute atomic E-state index is 5.64. The van der Waals surface area contributed by atoms with Crippen LogP contribution in [0.2, 0.25) is 0 Å². The Labute approximate surface area is 88.5 Å². The molecule has 1 aromatic heterocycles. The van der Waals surface area contributed by atoms with Crippen LogP contribution in [0.4, 0.5) is 11.5 Å². The van der Waals surface area contributed by atoms with E-state index in [0.29, 0.717) is 6.04 Å². The third kappa shape index (κ3) is 2.12. The van der Waals surface area contributed by atoms with Crippen LogP contribution >= 0.6 is 11.8 Å². The summed E-state index contributed by atoms with van der Waals surface area (Å²) < 4.78 is 0. The van der Waals surface area contributed by atoms with Crippen LogP contribution in [0.3, 0.4) is 0 Å². The van der Waals surface area contributed by atoms with Crippen molar-refractivity contribution in [2.75, 3.05) is 22.6 Å². The maximum atomic E-state index is 5.64. The van der Waals surface area contributed by atoms with Gasteiger partial charge < -0.3 is 11.1 Å². The summed E-state index contributed by atoms with van der Waals surface area (Å²) in [5.41, 5.74) is 7.50. The molecule has 2 rings (SSSR count). The van der Waals surface area contributed by atoms with Gasteiger partial charge in [0, 0.05) is 11.8 Å². The van der Waals surface area contributed by atoms with Gasteiger partial charge in [-0.3, -0.25) is 0 Å². The van der Waals surface area contributed by atoms with Gasteiger partial charge in [0.1, 0.15) is 5.82 Å². The van der Waals surface area contributed by atoms with E-state index in [2.05, 4.69) is 10.3 Å². The fourth-order valence-corrected chi connectivity index (χ4v) is 2.74. The topological polar surface area (TPSA) is 50.9 Å². The van der Waals surface area contributed by atoms with Crippen molar-refractivity contribution in [1.82, 2.24) is 4.98 Å². The summed E-state index contributed by atoms with van der Waals surface area (Å²) in [6.45, 7) is 2.04. The zero-order valence-corrected chi connectivity index (χ0v) is 9.10. The SMILES string of the molecule is Cc1cc(N)cnc1NC1CCSC1. The van der Waals surface area contributed by atoms with Crippen LogP contribution in [0.15, 0.2) is 12.3 Å². The minimum Gasteiger partial charge on any atom is -0.397 e. The molecule has 0 aliphatic carbocycles. The normalized spacial score (nSPS) is 21.1. The molecule has 1 atom stereocenters. The van der Waals surface area contributed by atoms with Crippen LogP contribution in [0.25, 0.3) is 0 Å². The van der Waals surface area contributed by atoms with E-state index in [0.717, 1.165) is 17.1 Å². The monoisotopic (exact) mass is 209 g/mol. The van der Waals surface area contributed by atoms with Crippen molar-refractivity contribution in [3.63, 3.8) is 0 Å². The van der Waals surface area contributed by atoms with Crippen LogP contribution in [-0.4, -0.2) is 22.5 Å². The molecule has 1 fully saturated rings. The lowest BCUT2D eigenvalue weighted by Gasteiger charge is -2.13. The second-order valence-electron chi connectivity index (χ2n) is 3.64. The Hall–Kier alpha value is -0.900. The van der Waals surface area contributed by atoms with Crippen LogP contribution in [-0.2, 0) is 0 Å². The number of nitrogens with two attached hydrogens (primary N) is 1. The fourth-order valence-electron chi connectivity index (χ4n) is 1.59. The molecule has 1 saturated heterocycles. The third-order valence-electron chi connectivity index (χ3n) is 2.37. The predicted molar refractivity (Wildman–Crippen MR) is 62.7 cm³/mol. The molecule has 76 valence electrons. The first-order chi connectivity index (χ1) is 6.75. The molecule has 3 N–H and O–H groups in total. The number of anilines is 2. The van der Waals surface area contributed by atoms with E-state index in [4.69, 9.17) is 5.73 Å². The summed E-state index contributed by atoms with van der Waals surface area (Å²) in [4.78, 5) is 4.30. The molecule has 4 heteroatoms. The number of aryl methyl sites for hydroxylation is 1. The van der Waals surface area contributed by atoms with Crippen molar-refractivity contribution in [2.24, 2.45) is 0 Å². The van der Waals surface area contributed by atoms with Crippen LogP contribution in [0, 0.1) is 6.92 Å². The Bertz CT molecular complexity index is 321. The molecule has 3 nitrogen and oxygen atoms in total. The predicted octanol–water partition coefficient (Wildman–Crippen LogP) is 1.89. The van der Waals surface area contributed by atoms with Crippen LogP contribution < -0.4 is 11.1 Å². The summed E-state index contributed by atoms with van der Waals surface area (Å²) in [5.74, 6) is 3.42. The molecule has 14 heavy (non-hydrogen) atoms. The molecule has 0 spiro atoms. The number of nitrogen functional groups attached to an aromatic ring is 1. The standard InChI is InChI=1S/C10H15N3S/c1-7-4-8(11)5-12-10(7)13-9-2-3-14-6-9/h4-5,9H,2-3,6,11H2,1H3,(H,12,13). The minimum atomic E-state index is 0.579. The minimum absolute atomic E-state index is 0.579. The molecule has 1 aliphatic rings. The Morgan fingerprint density at radius 1 is 1.64 bits per heavy atom. The summed E-state index contributed by atoms with van der Waals surface area (Å²) >= 11 is 2.00. The van der Waals surface area contributed by atoms with Crippen molar-refractivity contribution in [1.29, 1.82) is 0 Å². The van der Waals surface area contributed by atoms with Crippen LogP contribution in [0.5, 0.6) is 0 Å². The lowest BCUT2D eigenvalue weighted by atomic mass is 10.2. The molecular weight excluding hydrogens is 194 g/mol. The summed E-state index contributed by atoms with van der Waals surface area (Å²) in [5, 5.41) is 3.45. The molecule has 1 aliphatic heterocycles. The molecule has 2 heterocycles. The molecule has 0 bridgehead atoms. The van der Waals surface area contributed by atoms with E-state index in [-0.39, 0.29) is 0 Å². The highest BCUT2D eigenvalue weighted by Crippen LogP contribution is 2.22. The van der Waals surface area contributed by atoms with Gasteiger partial charge in [0.05, 0.1) is 11.9 Å². The van der Waals surface area contributed by atoms with Gasteiger partial charge in [0.2, 0.25) is 0 Å². The zero-order valence-electron chi connectivity index (χ0n) is 8.29. The lowest BCUT2D eigenvalue weighted by molar-refractivity contribution is 0.805. The van der Waals surface area contributed by atoms with Gasteiger partial charge in [-0.2, -0.15) is 11.8 Å². The van der Waals surface area contributed by atoms with Gasteiger partial charge in [0.25, 0.3) is 0 Å².